The van der Waals surface area contributed by atoms with Crippen LogP contribution < -0.4 is 5.73 Å². The van der Waals surface area contributed by atoms with Gasteiger partial charge in [-0.3, -0.25) is 0 Å². The highest BCUT2D eigenvalue weighted by molar-refractivity contribution is 5.40. The Morgan fingerprint density at radius 2 is 1.75 bits per heavy atom. The molecule has 1 aromatic carbocycles. The van der Waals surface area contributed by atoms with Gasteiger partial charge in [0, 0.05) is 12.5 Å². The lowest BCUT2D eigenvalue weighted by molar-refractivity contribution is 0.578. The number of hydrogen-bond donors (Lipinski definition) is 1. The van der Waals surface area contributed by atoms with Gasteiger partial charge < -0.3 is 5.73 Å². The fourth-order valence-corrected chi connectivity index (χ4v) is 2.58. The second kappa shape index (κ2) is 6.95. The van der Waals surface area contributed by atoms with Gasteiger partial charge in [0.15, 0.2) is 0 Å². The van der Waals surface area contributed by atoms with E-state index in [9.17, 15) is 0 Å². The first-order chi connectivity index (χ1) is 9.25. The highest BCUT2D eigenvalue weighted by atomic mass is 14.6. The Bertz CT molecular complexity index is 462. The Kier molecular flexibility index (Phi) is 5.84. The predicted molar refractivity (Wildman–Crippen MR) is 89.0 cm³/mol. The molecule has 0 amide bonds. The summed E-state index contributed by atoms with van der Waals surface area (Å²) in [4.78, 5) is 0. The molecule has 0 fully saturated rings. The predicted octanol–water partition coefficient (Wildman–Crippen LogP) is 4.27. The van der Waals surface area contributed by atoms with Crippen molar-refractivity contribution in [2.45, 2.75) is 71.8 Å². The number of benzene rings is 1. The SMILES string of the molecule is C#CCCCC(N)Cc1c(C)cc(C(C)(C)C)cc1C. The Hall–Kier alpha value is -1.26. The summed E-state index contributed by atoms with van der Waals surface area (Å²) in [6.07, 6.45) is 9.09. The molecule has 1 heteroatoms. The number of nitrogens with two attached hydrogens (primary N) is 1. The Morgan fingerprint density at radius 3 is 2.20 bits per heavy atom. The fraction of sp³-hybridized carbons (Fsp3) is 0.579. The summed E-state index contributed by atoms with van der Waals surface area (Å²) in [6.45, 7) is 11.2. The lowest BCUT2D eigenvalue weighted by Crippen LogP contribution is -2.24. The highest BCUT2D eigenvalue weighted by Crippen LogP contribution is 2.27. The van der Waals surface area contributed by atoms with Gasteiger partial charge in [-0.2, -0.15) is 0 Å². The van der Waals surface area contributed by atoms with E-state index in [1.807, 2.05) is 0 Å². The molecule has 1 aromatic rings. The quantitative estimate of drug-likeness (QED) is 0.628. The van der Waals surface area contributed by atoms with E-state index in [2.05, 4.69) is 52.7 Å². The van der Waals surface area contributed by atoms with Crippen molar-refractivity contribution in [2.24, 2.45) is 5.73 Å². The molecule has 0 aliphatic heterocycles. The molecule has 2 N–H and O–H groups in total. The lowest BCUT2D eigenvalue weighted by Gasteiger charge is -2.23. The molecule has 1 atom stereocenters. The molecule has 0 spiro atoms. The molecule has 20 heavy (non-hydrogen) atoms. The average molecular weight is 271 g/mol. The van der Waals surface area contributed by atoms with Gasteiger partial charge in [0.25, 0.3) is 0 Å². The van der Waals surface area contributed by atoms with Crippen LogP contribution in [0.2, 0.25) is 0 Å². The van der Waals surface area contributed by atoms with Crippen molar-refractivity contribution in [1.29, 1.82) is 0 Å². The van der Waals surface area contributed by atoms with Crippen molar-refractivity contribution in [3.8, 4) is 12.3 Å². The van der Waals surface area contributed by atoms with Crippen molar-refractivity contribution < 1.29 is 0 Å². The third-order valence-corrected chi connectivity index (χ3v) is 3.92. The minimum Gasteiger partial charge on any atom is -0.327 e. The zero-order chi connectivity index (χ0) is 15.3. The van der Waals surface area contributed by atoms with Crippen LogP contribution in [0, 0.1) is 26.2 Å². The molecule has 0 aliphatic rings. The number of rotatable bonds is 5. The van der Waals surface area contributed by atoms with Gasteiger partial charge in [0.05, 0.1) is 0 Å². The van der Waals surface area contributed by atoms with Crippen LogP contribution in [0.3, 0.4) is 0 Å². The van der Waals surface area contributed by atoms with E-state index in [4.69, 9.17) is 12.2 Å². The summed E-state index contributed by atoms with van der Waals surface area (Å²) < 4.78 is 0. The molecule has 0 saturated carbocycles. The highest BCUT2D eigenvalue weighted by Gasteiger charge is 2.17. The zero-order valence-electron chi connectivity index (χ0n) is 13.7. The van der Waals surface area contributed by atoms with Crippen LogP contribution >= 0.6 is 0 Å². The van der Waals surface area contributed by atoms with Gasteiger partial charge in [-0.15, -0.1) is 12.3 Å². The molecule has 1 nitrogen and oxygen atoms in total. The van der Waals surface area contributed by atoms with E-state index in [0.29, 0.717) is 0 Å². The first-order valence-electron chi connectivity index (χ1n) is 7.55. The maximum Gasteiger partial charge on any atom is 0.00866 e. The topological polar surface area (TPSA) is 26.0 Å². The monoisotopic (exact) mass is 271 g/mol. The van der Waals surface area contributed by atoms with Crippen molar-refractivity contribution in [3.63, 3.8) is 0 Å². The number of aryl methyl sites for hydroxylation is 2. The van der Waals surface area contributed by atoms with Gasteiger partial charge in [0.1, 0.15) is 0 Å². The van der Waals surface area contributed by atoms with E-state index in [1.165, 1.54) is 22.3 Å². The maximum atomic E-state index is 6.24. The number of unbranched alkanes of at least 4 members (excludes halogenated alkanes) is 1. The molecule has 0 heterocycles. The Balaban J connectivity index is 2.84. The van der Waals surface area contributed by atoms with E-state index in [-0.39, 0.29) is 11.5 Å². The third-order valence-electron chi connectivity index (χ3n) is 3.92. The Morgan fingerprint density at radius 1 is 1.20 bits per heavy atom. The Labute approximate surface area is 125 Å². The second-order valence-corrected chi connectivity index (χ2v) is 6.90. The maximum absolute atomic E-state index is 6.24. The van der Waals surface area contributed by atoms with Crippen LogP contribution in [-0.2, 0) is 11.8 Å². The molecular formula is C19H29N. The molecule has 0 aromatic heterocycles. The molecule has 0 aliphatic carbocycles. The first kappa shape index (κ1) is 16.8. The summed E-state index contributed by atoms with van der Waals surface area (Å²) in [6, 6.07) is 4.84. The van der Waals surface area contributed by atoms with Gasteiger partial charge in [-0.05, 0) is 60.8 Å². The van der Waals surface area contributed by atoms with Crippen molar-refractivity contribution in [3.05, 3.63) is 34.4 Å². The van der Waals surface area contributed by atoms with Crippen molar-refractivity contribution >= 4 is 0 Å². The van der Waals surface area contributed by atoms with E-state index in [1.54, 1.807) is 0 Å². The molecule has 0 bridgehead atoms. The molecule has 0 saturated heterocycles. The smallest absolute Gasteiger partial charge is 0.00866 e. The third kappa shape index (κ3) is 4.69. The van der Waals surface area contributed by atoms with E-state index in [0.717, 1.165) is 25.7 Å². The summed E-state index contributed by atoms with van der Waals surface area (Å²) >= 11 is 0. The summed E-state index contributed by atoms with van der Waals surface area (Å²) in [5.74, 6) is 2.68. The van der Waals surface area contributed by atoms with Gasteiger partial charge in [0.2, 0.25) is 0 Å². The average Bonchev–Trinajstić information content (AvgIpc) is 2.32. The van der Waals surface area contributed by atoms with E-state index >= 15 is 0 Å². The first-order valence-corrected chi connectivity index (χ1v) is 7.55. The largest absolute Gasteiger partial charge is 0.327 e. The fourth-order valence-electron chi connectivity index (χ4n) is 2.58. The van der Waals surface area contributed by atoms with Gasteiger partial charge in [-0.25, -0.2) is 0 Å². The molecule has 1 unspecified atom stereocenters. The summed E-state index contributed by atoms with van der Waals surface area (Å²) in [5, 5.41) is 0. The van der Waals surface area contributed by atoms with Gasteiger partial charge >= 0.3 is 0 Å². The second-order valence-electron chi connectivity index (χ2n) is 6.90. The summed E-state index contributed by atoms with van der Waals surface area (Å²) in [5.41, 5.74) is 12.0. The lowest BCUT2D eigenvalue weighted by atomic mass is 9.83. The van der Waals surface area contributed by atoms with E-state index < -0.39 is 0 Å². The molecule has 1 rings (SSSR count). The zero-order valence-corrected chi connectivity index (χ0v) is 13.7. The van der Waals surface area contributed by atoms with Gasteiger partial charge in [-0.1, -0.05) is 32.9 Å². The molecule has 0 radical (unpaired) electrons. The standard InChI is InChI=1S/C19H29N/c1-7-8-9-10-17(20)13-18-14(2)11-16(12-15(18)3)19(4,5)6/h1,11-12,17H,8-10,13,20H2,2-6H3. The number of hydrogen-bond acceptors (Lipinski definition) is 1. The van der Waals surface area contributed by atoms with Crippen LogP contribution in [0.4, 0.5) is 0 Å². The minimum atomic E-state index is 0.197. The summed E-state index contributed by atoms with van der Waals surface area (Å²) in [7, 11) is 0. The molecular weight excluding hydrogens is 242 g/mol. The van der Waals surface area contributed by atoms with Crippen molar-refractivity contribution in [1.82, 2.24) is 0 Å². The molecule has 110 valence electrons. The van der Waals surface area contributed by atoms with Crippen LogP contribution in [0.25, 0.3) is 0 Å². The number of terminal acetylenes is 1. The van der Waals surface area contributed by atoms with Crippen LogP contribution in [-0.4, -0.2) is 6.04 Å². The van der Waals surface area contributed by atoms with Crippen LogP contribution in [0.15, 0.2) is 12.1 Å². The normalized spacial score (nSPS) is 13.1. The minimum absolute atomic E-state index is 0.197. The van der Waals surface area contributed by atoms with Crippen molar-refractivity contribution in [2.75, 3.05) is 0 Å². The van der Waals surface area contributed by atoms with Crippen LogP contribution in [0.5, 0.6) is 0 Å². The van der Waals surface area contributed by atoms with Crippen LogP contribution in [0.1, 0.15) is 62.3 Å².